The summed E-state index contributed by atoms with van der Waals surface area (Å²) in [6.45, 7) is 15.0. The molecule has 1 aromatic rings. The summed E-state index contributed by atoms with van der Waals surface area (Å²) < 4.78 is 2.01. The second-order valence-corrected chi connectivity index (χ2v) is 15.4. The lowest BCUT2D eigenvalue weighted by atomic mass is 9.41. The summed E-state index contributed by atoms with van der Waals surface area (Å²) in [5.74, 6) is 3.97. The van der Waals surface area contributed by atoms with E-state index in [4.69, 9.17) is 0 Å². The molecule has 0 aromatic carbocycles. The second-order valence-electron chi connectivity index (χ2n) is 15.4. The van der Waals surface area contributed by atoms with Gasteiger partial charge in [-0.25, -0.2) is 4.98 Å². The Morgan fingerprint density at radius 1 is 1.10 bits per heavy atom. The Balaban J connectivity index is 1.44. The summed E-state index contributed by atoms with van der Waals surface area (Å²) in [5, 5.41) is 23.6. The van der Waals surface area contributed by atoms with Gasteiger partial charge in [0, 0.05) is 44.2 Å². The first-order valence-corrected chi connectivity index (χ1v) is 16.5. The number of rotatable bonds is 9. The fourth-order valence-electron chi connectivity index (χ4n) is 10.8. The first kappa shape index (κ1) is 30.1. The summed E-state index contributed by atoms with van der Waals surface area (Å²) in [4.78, 5) is 19.4. The Hall–Kier alpha value is -1.40. The number of aromatic nitrogens is 2. The molecule has 0 radical (unpaired) electrons. The maximum Gasteiger partial charge on any atom is 0.219 e. The molecule has 0 spiro atoms. The lowest BCUT2D eigenvalue weighted by Gasteiger charge is -2.67. The topological polar surface area (TPSA) is 78.6 Å². The molecule has 1 heterocycles. The predicted octanol–water partition coefficient (Wildman–Crippen LogP) is 6.31. The van der Waals surface area contributed by atoms with E-state index >= 15 is 0 Å². The van der Waals surface area contributed by atoms with E-state index in [1.807, 2.05) is 15.7 Å². The summed E-state index contributed by atoms with van der Waals surface area (Å²) in [6, 6.07) is -0.264. The monoisotopic (exact) mass is 555 g/mol. The van der Waals surface area contributed by atoms with Gasteiger partial charge in [-0.05, 0) is 85.9 Å². The molecule has 1 amide bonds. The Labute approximate surface area is 243 Å². The largest absolute Gasteiger partial charge is 0.393 e. The Kier molecular flexibility index (Phi) is 8.54. The van der Waals surface area contributed by atoms with Crippen molar-refractivity contribution in [1.82, 2.24) is 14.5 Å². The van der Waals surface area contributed by atoms with Crippen molar-refractivity contribution in [2.45, 2.75) is 136 Å². The molecule has 4 saturated carbocycles. The van der Waals surface area contributed by atoms with Crippen molar-refractivity contribution < 1.29 is 15.0 Å². The number of imidazole rings is 1. The molecule has 10 atom stereocenters. The van der Waals surface area contributed by atoms with Crippen LogP contribution in [0.2, 0.25) is 0 Å². The molecular weight excluding hydrogens is 498 g/mol. The number of aliphatic hydroxyl groups excluding tert-OH is 1. The zero-order valence-corrected chi connectivity index (χ0v) is 26.2. The van der Waals surface area contributed by atoms with Gasteiger partial charge in [0.05, 0.1) is 24.1 Å². The van der Waals surface area contributed by atoms with Crippen molar-refractivity contribution in [3.8, 4) is 0 Å². The molecule has 4 aliphatic rings. The molecule has 6 nitrogen and oxygen atoms in total. The van der Waals surface area contributed by atoms with E-state index in [1.165, 1.54) is 44.9 Å². The zero-order valence-electron chi connectivity index (χ0n) is 26.2. The van der Waals surface area contributed by atoms with Crippen LogP contribution in [0.15, 0.2) is 18.7 Å². The van der Waals surface area contributed by atoms with E-state index in [-0.39, 0.29) is 17.4 Å². The first-order chi connectivity index (χ1) is 18.9. The number of fused-ring (bicyclic) bond motifs is 5. The second kappa shape index (κ2) is 11.4. The summed E-state index contributed by atoms with van der Waals surface area (Å²) >= 11 is 0. The van der Waals surface area contributed by atoms with Crippen molar-refractivity contribution in [3.63, 3.8) is 0 Å². The Morgan fingerprint density at radius 3 is 2.55 bits per heavy atom. The first-order valence-electron chi connectivity index (χ1n) is 16.5. The lowest BCUT2D eigenvalue weighted by Crippen LogP contribution is -2.72. The van der Waals surface area contributed by atoms with Crippen LogP contribution in [0.4, 0.5) is 0 Å². The molecule has 4 fully saturated rings. The fourth-order valence-corrected chi connectivity index (χ4v) is 10.8. The van der Waals surface area contributed by atoms with Crippen molar-refractivity contribution in [2.24, 2.45) is 46.3 Å². The highest BCUT2D eigenvalue weighted by Crippen LogP contribution is 2.69. The average molecular weight is 556 g/mol. The van der Waals surface area contributed by atoms with Gasteiger partial charge in [-0.15, -0.1) is 0 Å². The number of hydrogen-bond donors (Lipinski definition) is 2. The van der Waals surface area contributed by atoms with Crippen LogP contribution in [0.3, 0.4) is 0 Å². The SMILES string of the molecule is CC(=O)N(CCn1ccnc1)[C@@H]1C[C@H]2[C@@H]3CC[C@H]([C@H](C)CCCC(C)C)[C@@]3(C)CC[C@@H]2[C@@]2(C)CC[C@H](O)C[C@]12O. The zero-order chi connectivity index (χ0) is 28.9. The average Bonchev–Trinajstić information content (AvgIpc) is 3.52. The van der Waals surface area contributed by atoms with Gasteiger partial charge >= 0.3 is 0 Å². The summed E-state index contributed by atoms with van der Waals surface area (Å²) in [7, 11) is 0. The van der Waals surface area contributed by atoms with Gasteiger partial charge in [-0.1, -0.05) is 53.9 Å². The molecule has 0 bridgehead atoms. The predicted molar refractivity (Wildman–Crippen MR) is 159 cm³/mol. The van der Waals surface area contributed by atoms with Crippen LogP contribution in [-0.4, -0.2) is 54.9 Å². The number of aliphatic hydroxyl groups is 2. The molecule has 1 aromatic heterocycles. The van der Waals surface area contributed by atoms with Crippen molar-refractivity contribution in [1.29, 1.82) is 0 Å². The third kappa shape index (κ3) is 5.08. The number of hydrogen-bond acceptors (Lipinski definition) is 4. The molecular formula is C34H57N3O3. The van der Waals surface area contributed by atoms with Gasteiger partial charge in [0.25, 0.3) is 0 Å². The van der Waals surface area contributed by atoms with Crippen molar-refractivity contribution in [3.05, 3.63) is 18.7 Å². The van der Waals surface area contributed by atoms with Crippen LogP contribution in [-0.2, 0) is 11.3 Å². The molecule has 0 unspecified atom stereocenters. The van der Waals surface area contributed by atoms with E-state index < -0.39 is 11.7 Å². The lowest BCUT2D eigenvalue weighted by molar-refractivity contribution is -0.250. The number of carbonyl (C=O) groups is 1. The minimum atomic E-state index is -1.07. The van der Waals surface area contributed by atoms with E-state index in [0.717, 1.165) is 37.0 Å². The maximum atomic E-state index is 13.3. The van der Waals surface area contributed by atoms with Crippen molar-refractivity contribution in [2.75, 3.05) is 6.54 Å². The number of amides is 1. The fraction of sp³-hybridized carbons (Fsp3) is 0.882. The molecule has 4 aliphatic carbocycles. The Bertz CT molecular complexity index is 1010. The smallest absolute Gasteiger partial charge is 0.219 e. The van der Waals surface area contributed by atoms with E-state index in [9.17, 15) is 15.0 Å². The van der Waals surface area contributed by atoms with Gasteiger partial charge in [-0.3, -0.25) is 4.79 Å². The van der Waals surface area contributed by atoms with Crippen LogP contribution in [0.25, 0.3) is 0 Å². The van der Waals surface area contributed by atoms with E-state index in [1.54, 1.807) is 19.4 Å². The molecule has 5 rings (SSSR count). The van der Waals surface area contributed by atoms with Crippen LogP contribution in [0.5, 0.6) is 0 Å². The molecule has 226 valence electrons. The van der Waals surface area contributed by atoms with Gasteiger partial charge in [0.2, 0.25) is 5.91 Å². The molecule has 40 heavy (non-hydrogen) atoms. The maximum absolute atomic E-state index is 13.3. The van der Waals surface area contributed by atoms with Crippen molar-refractivity contribution >= 4 is 5.91 Å². The van der Waals surface area contributed by atoms with Crippen LogP contribution in [0.1, 0.15) is 112 Å². The highest BCUT2D eigenvalue weighted by atomic mass is 16.3. The molecule has 0 aliphatic heterocycles. The summed E-state index contributed by atoms with van der Waals surface area (Å²) in [5.41, 5.74) is -1.01. The van der Waals surface area contributed by atoms with Gasteiger partial charge in [-0.2, -0.15) is 0 Å². The highest BCUT2D eigenvalue weighted by Gasteiger charge is 2.68. The molecule has 6 heteroatoms. The van der Waals surface area contributed by atoms with Gasteiger partial charge in [0.15, 0.2) is 0 Å². The quantitative estimate of drug-likeness (QED) is 0.374. The highest BCUT2D eigenvalue weighted by molar-refractivity contribution is 5.74. The number of carbonyl (C=O) groups excluding carboxylic acids is 1. The minimum Gasteiger partial charge on any atom is -0.393 e. The minimum absolute atomic E-state index is 0.0287. The van der Waals surface area contributed by atoms with Crippen LogP contribution < -0.4 is 0 Å². The third-order valence-electron chi connectivity index (χ3n) is 13.0. The molecule has 0 saturated heterocycles. The number of nitrogens with zero attached hydrogens (tertiary/aromatic N) is 3. The standard InChI is InChI=1S/C34H57N3O3/c1-23(2)8-7-9-24(3)28-10-11-29-27-20-31(37(25(4)38)19-18-36-17-16-35-22-36)34(40)21-26(39)12-15-33(34,6)30(27)13-14-32(28,29)5/h16-17,22-24,26-31,39-40H,7-15,18-21H2,1-6H3/t24-,26+,27+,28-,29+,30+,31-,32-,33-,34+/m1/s1. The normalized spacial score (nSPS) is 41.7. The van der Waals surface area contributed by atoms with Crippen LogP contribution in [0, 0.1) is 46.3 Å². The van der Waals surface area contributed by atoms with Gasteiger partial charge in [0.1, 0.15) is 0 Å². The Morgan fingerprint density at radius 2 is 1.88 bits per heavy atom. The van der Waals surface area contributed by atoms with Gasteiger partial charge < -0.3 is 19.7 Å². The molecule has 2 N–H and O–H groups in total. The van der Waals surface area contributed by atoms with E-state index in [2.05, 4.69) is 39.6 Å². The summed E-state index contributed by atoms with van der Waals surface area (Å²) in [6.07, 6.45) is 16.9. The third-order valence-corrected chi connectivity index (χ3v) is 13.0. The van der Waals surface area contributed by atoms with Crippen LogP contribution >= 0.6 is 0 Å². The van der Waals surface area contributed by atoms with E-state index in [0.29, 0.717) is 42.7 Å².